The van der Waals surface area contributed by atoms with E-state index in [0.717, 1.165) is 0 Å². The average Bonchev–Trinajstić information content (AvgIpc) is 2.33. The van der Waals surface area contributed by atoms with Crippen LogP contribution in [-0.2, 0) is 9.59 Å². The normalized spacial score (nSPS) is 11.2. The van der Waals surface area contributed by atoms with Crippen molar-refractivity contribution < 1.29 is 14.0 Å². The van der Waals surface area contributed by atoms with Gasteiger partial charge in [-0.2, -0.15) is 0 Å². The second-order valence-corrected chi connectivity index (χ2v) is 3.53. The first-order valence-electron chi connectivity index (χ1n) is 5.23. The number of hydrogen-bond acceptors (Lipinski definition) is 2. The second kappa shape index (κ2) is 4.99. The van der Waals surface area contributed by atoms with Gasteiger partial charge in [-0.15, -0.1) is 0 Å². The van der Waals surface area contributed by atoms with E-state index in [9.17, 15) is 14.0 Å². The lowest BCUT2D eigenvalue weighted by Gasteiger charge is -2.31. The van der Waals surface area contributed by atoms with Crippen molar-refractivity contribution in [2.45, 2.75) is 13.8 Å². The average molecular weight is 224 g/mol. The van der Waals surface area contributed by atoms with Crippen LogP contribution in [0.3, 0.4) is 0 Å². The lowest BCUT2D eigenvalue weighted by atomic mass is 10.2. The van der Waals surface area contributed by atoms with E-state index in [2.05, 4.69) is 0 Å². The maximum atomic E-state index is 12.8. The minimum atomic E-state index is -0.503. The van der Waals surface area contributed by atoms with Crippen molar-refractivity contribution in [1.29, 1.82) is 0 Å². The van der Waals surface area contributed by atoms with Gasteiger partial charge in [0.25, 0.3) is 0 Å². The molecule has 0 aromatic heterocycles. The van der Waals surface area contributed by atoms with Crippen LogP contribution in [0.1, 0.15) is 13.8 Å². The van der Waals surface area contributed by atoms with Crippen LogP contribution in [0, 0.1) is 5.82 Å². The molecule has 1 aromatic carbocycles. The molecule has 1 aromatic rings. The number of quaternary nitrogens is 1. The molecule has 0 N–H and O–H groups in total. The van der Waals surface area contributed by atoms with Gasteiger partial charge in [-0.3, -0.25) is 4.79 Å². The quantitative estimate of drug-likeness (QED) is 0.444. The van der Waals surface area contributed by atoms with E-state index in [-0.39, 0.29) is 10.3 Å². The van der Waals surface area contributed by atoms with Crippen LogP contribution in [0.15, 0.2) is 24.3 Å². The molecule has 0 aliphatic carbocycles. The molecule has 86 valence electrons. The molecule has 0 spiro atoms. The highest BCUT2D eigenvalue weighted by Crippen LogP contribution is 2.23. The first kappa shape index (κ1) is 12.5. The standard InChI is InChI=1S/C12H15FNO2/c1-3-14(4-2,12(16)9-15)11-7-5-10(13)6-8-11/h5-9H,3-4H2,1-2H3/q+1. The summed E-state index contributed by atoms with van der Waals surface area (Å²) in [4.78, 5) is 22.4. The second-order valence-electron chi connectivity index (χ2n) is 3.53. The zero-order valence-electron chi connectivity index (χ0n) is 9.44. The highest BCUT2D eigenvalue weighted by molar-refractivity contribution is 6.27. The fourth-order valence-electron chi connectivity index (χ4n) is 1.86. The van der Waals surface area contributed by atoms with Gasteiger partial charge in [0.1, 0.15) is 11.5 Å². The van der Waals surface area contributed by atoms with E-state index >= 15 is 0 Å². The van der Waals surface area contributed by atoms with Crippen LogP contribution >= 0.6 is 0 Å². The topological polar surface area (TPSA) is 34.1 Å². The number of carbonyl (C=O) groups is 2. The summed E-state index contributed by atoms with van der Waals surface area (Å²) in [7, 11) is 0. The van der Waals surface area contributed by atoms with Crippen LogP contribution in [0.4, 0.5) is 10.1 Å². The van der Waals surface area contributed by atoms with Gasteiger partial charge in [-0.05, 0) is 26.0 Å². The van der Waals surface area contributed by atoms with E-state index in [0.29, 0.717) is 25.1 Å². The number of carbonyl (C=O) groups excluding carboxylic acids is 2. The van der Waals surface area contributed by atoms with Crippen LogP contribution in [0.25, 0.3) is 0 Å². The Hall–Kier alpha value is -1.55. The van der Waals surface area contributed by atoms with Crippen LogP contribution < -0.4 is 4.48 Å². The Morgan fingerprint density at radius 2 is 1.75 bits per heavy atom. The smallest absolute Gasteiger partial charge is 0.288 e. The molecule has 0 bridgehead atoms. The van der Waals surface area contributed by atoms with E-state index in [4.69, 9.17) is 0 Å². The van der Waals surface area contributed by atoms with Crippen molar-refractivity contribution in [3.63, 3.8) is 0 Å². The van der Waals surface area contributed by atoms with Gasteiger partial charge in [-0.1, -0.05) is 0 Å². The minimum absolute atomic E-state index is 0.0657. The Kier molecular flexibility index (Phi) is 3.90. The van der Waals surface area contributed by atoms with Crippen molar-refractivity contribution >= 4 is 17.9 Å². The van der Waals surface area contributed by atoms with E-state index in [1.165, 1.54) is 12.1 Å². The van der Waals surface area contributed by atoms with Gasteiger partial charge in [0.15, 0.2) is 0 Å². The van der Waals surface area contributed by atoms with Crippen molar-refractivity contribution in [2.24, 2.45) is 0 Å². The monoisotopic (exact) mass is 224 g/mol. The number of likely N-dealkylation sites (N-methyl/N-ethyl adjacent to an activating group) is 1. The van der Waals surface area contributed by atoms with Gasteiger partial charge >= 0.3 is 5.91 Å². The molecule has 16 heavy (non-hydrogen) atoms. The number of nitrogens with zero attached hydrogens (tertiary/aromatic N) is 1. The zero-order valence-corrected chi connectivity index (χ0v) is 9.44. The summed E-state index contributed by atoms with van der Waals surface area (Å²) in [5.74, 6) is -0.857. The number of aldehydes is 1. The lowest BCUT2D eigenvalue weighted by molar-refractivity contribution is -0.137. The molecule has 1 rings (SSSR count). The summed E-state index contributed by atoms with van der Waals surface area (Å²) >= 11 is 0. The van der Waals surface area contributed by atoms with Crippen molar-refractivity contribution in [3.8, 4) is 0 Å². The summed E-state index contributed by atoms with van der Waals surface area (Å²) in [6, 6.07) is 5.69. The van der Waals surface area contributed by atoms with Gasteiger partial charge in [0, 0.05) is 12.1 Å². The Morgan fingerprint density at radius 1 is 1.25 bits per heavy atom. The molecular formula is C12H15FNO2+. The lowest BCUT2D eigenvalue weighted by Crippen LogP contribution is -2.54. The highest BCUT2D eigenvalue weighted by atomic mass is 19.1. The third-order valence-electron chi connectivity index (χ3n) is 2.92. The Bertz CT molecular complexity index is 383. The summed E-state index contributed by atoms with van der Waals surface area (Å²) < 4.78 is 12.7. The fraction of sp³-hybridized carbons (Fsp3) is 0.333. The van der Waals surface area contributed by atoms with Crippen LogP contribution in [0.5, 0.6) is 0 Å². The largest absolute Gasteiger partial charge is 0.383 e. The maximum Gasteiger partial charge on any atom is 0.383 e. The molecular weight excluding hydrogens is 209 g/mol. The van der Waals surface area contributed by atoms with Gasteiger partial charge in [-0.25, -0.2) is 13.7 Å². The van der Waals surface area contributed by atoms with E-state index in [1.807, 2.05) is 13.8 Å². The third kappa shape index (κ3) is 2.02. The molecule has 0 aliphatic rings. The summed E-state index contributed by atoms with van der Waals surface area (Å²) in [6.45, 7) is 4.60. The molecule has 3 nitrogen and oxygen atoms in total. The molecule has 0 unspecified atom stereocenters. The van der Waals surface area contributed by atoms with Gasteiger partial charge in [0.2, 0.25) is 6.29 Å². The molecule has 0 saturated heterocycles. The molecule has 4 heteroatoms. The molecule has 0 aliphatic heterocycles. The van der Waals surface area contributed by atoms with Crippen molar-refractivity contribution in [3.05, 3.63) is 30.1 Å². The Morgan fingerprint density at radius 3 is 2.12 bits per heavy atom. The predicted molar refractivity (Wildman–Crippen MR) is 60.3 cm³/mol. The SMILES string of the molecule is CC[N+](CC)(C(=O)C=O)c1ccc(F)cc1. The third-order valence-corrected chi connectivity index (χ3v) is 2.92. The molecule has 0 fully saturated rings. The summed E-state index contributed by atoms with van der Waals surface area (Å²) in [5.41, 5.74) is 0.642. The molecule has 0 heterocycles. The highest BCUT2D eigenvalue weighted by Gasteiger charge is 2.35. The Labute approximate surface area is 94.1 Å². The van der Waals surface area contributed by atoms with Crippen molar-refractivity contribution in [2.75, 3.05) is 13.1 Å². The zero-order chi connectivity index (χ0) is 12.2. The first-order chi connectivity index (χ1) is 7.60. The first-order valence-corrected chi connectivity index (χ1v) is 5.23. The van der Waals surface area contributed by atoms with Gasteiger partial charge < -0.3 is 0 Å². The minimum Gasteiger partial charge on any atom is -0.288 e. The summed E-state index contributed by atoms with van der Waals surface area (Å²) in [5, 5.41) is 0. The molecule has 0 atom stereocenters. The maximum absolute atomic E-state index is 12.8. The number of amides is 1. The van der Waals surface area contributed by atoms with E-state index in [1.54, 1.807) is 12.1 Å². The fourth-order valence-corrected chi connectivity index (χ4v) is 1.86. The molecule has 0 radical (unpaired) electrons. The predicted octanol–water partition coefficient (Wildman–Crippen LogP) is 1.90. The number of benzene rings is 1. The number of hydrogen-bond donors (Lipinski definition) is 0. The van der Waals surface area contributed by atoms with Crippen LogP contribution in [-0.4, -0.2) is 25.3 Å². The number of halogens is 1. The van der Waals surface area contributed by atoms with Crippen molar-refractivity contribution in [1.82, 2.24) is 4.48 Å². The Balaban J connectivity index is 3.25. The van der Waals surface area contributed by atoms with E-state index < -0.39 is 5.91 Å². The molecule has 1 amide bonds. The van der Waals surface area contributed by atoms with Crippen LogP contribution in [0.2, 0.25) is 0 Å². The van der Waals surface area contributed by atoms with Gasteiger partial charge in [0.05, 0.1) is 13.1 Å². The summed E-state index contributed by atoms with van der Waals surface area (Å²) in [6.07, 6.45) is 0.330. The molecule has 0 saturated carbocycles. The number of rotatable bonds is 4.